The smallest absolute Gasteiger partial charge is 0.175 e. The van der Waals surface area contributed by atoms with Crippen molar-refractivity contribution >= 4 is 16.1 Å². The van der Waals surface area contributed by atoms with E-state index in [-0.39, 0.29) is 15.6 Å². The Bertz CT molecular complexity index is 752. The van der Waals surface area contributed by atoms with Crippen molar-refractivity contribution in [2.45, 2.75) is 48.7 Å². The fraction of sp³-hybridized carbons (Fsp3) is 0.611. The molecule has 2 aliphatic heterocycles. The molecule has 0 aromatic heterocycles. The summed E-state index contributed by atoms with van der Waals surface area (Å²) in [5, 5.41) is 12.8. The first-order valence-electron chi connectivity index (χ1n) is 8.72. The van der Waals surface area contributed by atoms with Crippen LogP contribution >= 0.6 is 0 Å². The minimum absolute atomic E-state index is 0.220. The van der Waals surface area contributed by atoms with E-state index in [4.69, 9.17) is 4.74 Å². The van der Waals surface area contributed by atoms with Gasteiger partial charge in [-0.05, 0) is 24.1 Å². The van der Waals surface area contributed by atoms with Gasteiger partial charge in [0.1, 0.15) is 12.2 Å². The maximum absolute atomic E-state index is 12.8. The van der Waals surface area contributed by atoms with Crippen LogP contribution in [0.4, 0.5) is 0 Å². The molecule has 3 rings (SSSR count). The van der Waals surface area contributed by atoms with Crippen molar-refractivity contribution in [2.75, 3.05) is 25.9 Å². The summed E-state index contributed by atoms with van der Waals surface area (Å²) >= 11 is 0. The molecule has 0 amide bonds. The van der Waals surface area contributed by atoms with Gasteiger partial charge in [0, 0.05) is 24.5 Å². The largest absolute Gasteiger partial charge is 0.633 e. The summed E-state index contributed by atoms with van der Waals surface area (Å²) in [6.45, 7) is 3.51. The summed E-state index contributed by atoms with van der Waals surface area (Å²) in [6, 6.07) is 6.88. The van der Waals surface area contributed by atoms with Gasteiger partial charge in [0.05, 0.1) is 24.5 Å². The molecule has 7 heteroatoms. The van der Waals surface area contributed by atoms with Crippen molar-refractivity contribution in [3.8, 4) is 0 Å². The maximum Gasteiger partial charge on any atom is 0.175 e. The highest BCUT2D eigenvalue weighted by Gasteiger charge is 2.57. The highest BCUT2D eigenvalue weighted by Crippen LogP contribution is 2.49. The van der Waals surface area contributed by atoms with E-state index in [1.165, 1.54) is 6.26 Å². The topological polar surface area (TPSA) is 86.8 Å². The van der Waals surface area contributed by atoms with E-state index in [2.05, 4.69) is 0 Å². The van der Waals surface area contributed by atoms with E-state index in [9.17, 15) is 18.4 Å². The standard InChI is InChI=1S/C18H25NO5S/c1-3-9-19(21)10-7-18(8-11-19,17-16(13-20)24-17)14-5-4-6-15(12-14)25(2,22)23/h4-6,12-13,16-17H,3,7-11H2,1-2H3/i19+2. The number of likely N-dealkylation sites (tertiary alicyclic amines) is 1. The molecule has 1 aromatic rings. The number of hydrogen-bond acceptors (Lipinski definition) is 5. The number of sulfone groups is 1. The molecular weight excluding hydrogens is 344 g/mol. The summed E-state index contributed by atoms with van der Waals surface area (Å²) in [7, 11) is -3.32. The van der Waals surface area contributed by atoms with Gasteiger partial charge in [-0.2, -0.15) is 0 Å². The maximum atomic E-state index is 12.8. The van der Waals surface area contributed by atoms with Gasteiger partial charge < -0.3 is 19.4 Å². The number of aldehydes is 1. The highest BCUT2D eigenvalue weighted by molar-refractivity contribution is 7.90. The Labute approximate surface area is 148 Å². The quantitative estimate of drug-likeness (QED) is 0.330. The lowest BCUT2D eigenvalue weighted by atomic mass is 9.70. The molecule has 0 bridgehead atoms. The Balaban J connectivity index is 1.96. The van der Waals surface area contributed by atoms with Crippen LogP contribution in [0.3, 0.4) is 0 Å². The molecule has 0 aliphatic carbocycles. The molecule has 0 N–H and O–H groups in total. The minimum atomic E-state index is -3.32. The molecule has 6 nitrogen and oxygen atoms in total. The number of ether oxygens (including phenoxy) is 1. The average molecular weight is 369 g/mol. The number of carbonyl (C=O) groups excluding carboxylic acids is 1. The molecule has 2 aliphatic rings. The van der Waals surface area contributed by atoms with Gasteiger partial charge in [-0.3, -0.25) is 0 Å². The number of benzene rings is 1. The van der Waals surface area contributed by atoms with Gasteiger partial charge in [0.15, 0.2) is 16.1 Å². The first-order valence-corrected chi connectivity index (χ1v) is 10.6. The normalized spacial score (nSPS) is 35.3. The third-order valence-corrected chi connectivity index (χ3v) is 6.71. The summed E-state index contributed by atoms with van der Waals surface area (Å²) in [5.74, 6) is 0. The molecule has 0 saturated carbocycles. The van der Waals surface area contributed by atoms with Gasteiger partial charge in [-0.1, -0.05) is 19.1 Å². The summed E-state index contributed by atoms with van der Waals surface area (Å²) in [4.78, 5) is 11.4. The molecule has 2 heterocycles. The number of piperidine rings is 1. The fourth-order valence-corrected chi connectivity index (χ4v) is 4.79. The second-order valence-electron chi connectivity index (χ2n) is 7.34. The minimum Gasteiger partial charge on any atom is -0.633 e. The highest BCUT2D eigenvalue weighted by atomic mass is 32.2. The Hall–Kier alpha value is -1.28. The molecule has 1 aromatic carbocycles. The Morgan fingerprint density at radius 2 is 2.04 bits per heavy atom. The molecule has 2 saturated heterocycles. The van der Waals surface area contributed by atoms with Crippen LogP contribution < -0.4 is 0 Å². The van der Waals surface area contributed by atoms with E-state index < -0.39 is 21.4 Å². The SMILES string of the molecule is CCC[16N+]1([O-])CCC(c2cccc(S(C)(=O)=O)c2)(C2OC2C=O)CC1. The molecule has 25 heavy (non-hydrogen) atoms. The fourth-order valence-electron chi connectivity index (χ4n) is 4.12. The third kappa shape index (κ3) is 3.51. The van der Waals surface area contributed by atoms with Crippen molar-refractivity contribution in [3.63, 3.8) is 0 Å². The van der Waals surface area contributed by atoms with Crippen LogP contribution in [0.25, 0.3) is 0 Å². The summed E-state index contributed by atoms with van der Waals surface area (Å²) < 4.78 is 29.2. The number of epoxide rings is 1. The Morgan fingerprint density at radius 1 is 1.36 bits per heavy atom. The zero-order valence-electron chi connectivity index (χ0n) is 14.7. The Kier molecular flexibility index (Phi) is 4.79. The predicted molar refractivity (Wildman–Crippen MR) is 93.7 cm³/mol. The molecule has 2 unspecified atom stereocenters. The summed E-state index contributed by atoms with van der Waals surface area (Å²) in [5.41, 5.74) is 0.388. The van der Waals surface area contributed by atoms with Crippen molar-refractivity contribution in [1.29, 1.82) is 0 Å². The van der Waals surface area contributed by atoms with Crippen LogP contribution in [-0.4, -0.2) is 57.4 Å². The van der Waals surface area contributed by atoms with E-state index in [0.29, 0.717) is 32.5 Å². The third-order valence-electron chi connectivity index (χ3n) is 5.60. The molecular formula is C18H25NO5S. The number of carbonyl (C=O) groups is 1. The van der Waals surface area contributed by atoms with Gasteiger partial charge in [0.2, 0.25) is 0 Å². The zero-order chi connectivity index (χ0) is 18.3. The molecule has 0 spiro atoms. The zero-order valence-corrected chi connectivity index (χ0v) is 15.5. The molecule has 2 atom stereocenters. The molecule has 138 valence electrons. The second kappa shape index (κ2) is 6.46. The lowest BCUT2D eigenvalue weighted by Crippen LogP contribution is -2.55. The van der Waals surface area contributed by atoms with Crippen LogP contribution in [-0.2, 0) is 24.8 Å². The first kappa shape index (κ1) is 18.5. The number of nitrogens with zero attached hydrogens (tertiary/aromatic N) is 1. The van der Waals surface area contributed by atoms with Crippen molar-refractivity contribution in [3.05, 3.63) is 35.0 Å². The van der Waals surface area contributed by atoms with Crippen LogP contribution in [0.1, 0.15) is 31.7 Å². The lowest BCUT2D eigenvalue weighted by Gasteiger charge is -2.51. The molecule has 0 radical (unpaired) electrons. The van der Waals surface area contributed by atoms with E-state index >= 15 is 0 Å². The predicted octanol–water partition coefficient (Wildman–Crippen LogP) is 1.81. The monoisotopic (exact) mass is 369 g/mol. The number of hydrogen-bond donors (Lipinski definition) is 0. The van der Waals surface area contributed by atoms with Gasteiger partial charge >= 0.3 is 0 Å². The van der Waals surface area contributed by atoms with Crippen molar-refractivity contribution in [2.24, 2.45) is 0 Å². The van der Waals surface area contributed by atoms with E-state index in [0.717, 1.165) is 18.3 Å². The van der Waals surface area contributed by atoms with Gasteiger partial charge in [-0.15, -0.1) is 0 Å². The number of hydroxylamine groups is 3. The summed E-state index contributed by atoms with van der Waals surface area (Å²) in [6.07, 6.45) is 3.28. The van der Waals surface area contributed by atoms with Crippen LogP contribution in [0.5, 0.6) is 0 Å². The van der Waals surface area contributed by atoms with Gasteiger partial charge in [0.25, 0.3) is 0 Å². The second-order valence-corrected chi connectivity index (χ2v) is 9.36. The van der Waals surface area contributed by atoms with Crippen LogP contribution in [0.2, 0.25) is 0 Å². The van der Waals surface area contributed by atoms with Crippen molar-refractivity contribution in [1.82, 2.24) is 0 Å². The average Bonchev–Trinajstić information content (AvgIpc) is 3.36. The van der Waals surface area contributed by atoms with Crippen LogP contribution in [0.15, 0.2) is 29.2 Å². The van der Waals surface area contributed by atoms with E-state index in [1.54, 1.807) is 18.2 Å². The molecule has 2 fully saturated rings. The van der Waals surface area contributed by atoms with Gasteiger partial charge in [-0.25, -0.2) is 8.42 Å². The number of rotatable bonds is 6. The van der Waals surface area contributed by atoms with Crippen molar-refractivity contribution < 1.29 is 22.6 Å². The van der Waals surface area contributed by atoms with E-state index in [1.807, 2.05) is 13.0 Å². The lowest BCUT2D eigenvalue weighted by molar-refractivity contribution is -0.887. The first-order chi connectivity index (χ1) is 11.7. The van der Waals surface area contributed by atoms with Crippen LogP contribution in [0, 0.1) is 5.21 Å². The Morgan fingerprint density at radius 3 is 2.56 bits per heavy atom. The number of quaternary nitrogens is 1.